The second kappa shape index (κ2) is 6.46. The number of methoxy groups -OCH3 is 1. The van der Waals surface area contributed by atoms with Crippen molar-refractivity contribution in [3.63, 3.8) is 0 Å². The number of benzene rings is 2. The summed E-state index contributed by atoms with van der Waals surface area (Å²) in [4.78, 5) is 0.331. The number of ether oxygens (including phenoxy) is 1. The van der Waals surface area contributed by atoms with E-state index in [1.807, 2.05) is 18.2 Å². The van der Waals surface area contributed by atoms with Crippen LogP contribution >= 0.6 is 0 Å². The molecule has 0 unspecified atom stereocenters. The van der Waals surface area contributed by atoms with Gasteiger partial charge in [-0.2, -0.15) is 4.31 Å². The molecule has 0 saturated carbocycles. The Morgan fingerprint density at radius 2 is 1.72 bits per heavy atom. The van der Waals surface area contributed by atoms with Crippen LogP contribution < -0.4 is 4.74 Å². The Morgan fingerprint density at radius 3 is 2.36 bits per heavy atom. The van der Waals surface area contributed by atoms with Crippen molar-refractivity contribution in [2.24, 2.45) is 0 Å². The van der Waals surface area contributed by atoms with Gasteiger partial charge in [-0.05, 0) is 41.2 Å². The number of nitrogens with zero attached hydrogens (tertiary/aromatic N) is 1. The van der Waals surface area contributed by atoms with E-state index in [0.717, 1.165) is 23.3 Å². The Bertz CT molecular complexity index is 882. The predicted molar refractivity (Wildman–Crippen MR) is 99.4 cm³/mol. The van der Waals surface area contributed by atoms with E-state index in [0.29, 0.717) is 18.0 Å². The fourth-order valence-corrected chi connectivity index (χ4v) is 4.70. The average molecular weight is 359 g/mol. The van der Waals surface area contributed by atoms with E-state index in [-0.39, 0.29) is 5.41 Å². The molecule has 3 rings (SSSR count). The van der Waals surface area contributed by atoms with E-state index in [4.69, 9.17) is 4.74 Å². The monoisotopic (exact) mass is 359 g/mol. The Kier molecular flexibility index (Phi) is 4.64. The van der Waals surface area contributed by atoms with Crippen LogP contribution in [-0.2, 0) is 28.4 Å². The minimum absolute atomic E-state index is 0.203. The Hall–Kier alpha value is -1.85. The standard InChI is InChI=1S/C20H25NO3S/c1-20(2,3)18-13-17(9-10-19(18)24-4)25(22,23)21-12-11-15-7-5-6-8-16(15)14-21/h5-10,13H,11-12,14H2,1-4H3. The molecule has 2 aromatic rings. The lowest BCUT2D eigenvalue weighted by Gasteiger charge is -2.29. The maximum Gasteiger partial charge on any atom is 0.243 e. The van der Waals surface area contributed by atoms with Crippen molar-refractivity contribution in [2.75, 3.05) is 13.7 Å². The van der Waals surface area contributed by atoms with E-state index in [1.54, 1.807) is 29.6 Å². The summed E-state index contributed by atoms with van der Waals surface area (Å²) < 4.78 is 33.3. The molecule has 0 aromatic heterocycles. The molecule has 25 heavy (non-hydrogen) atoms. The lowest BCUT2D eigenvalue weighted by atomic mass is 9.86. The van der Waals surface area contributed by atoms with Crippen molar-refractivity contribution in [3.05, 3.63) is 59.2 Å². The largest absolute Gasteiger partial charge is 0.496 e. The van der Waals surface area contributed by atoms with E-state index < -0.39 is 10.0 Å². The van der Waals surface area contributed by atoms with Gasteiger partial charge in [0.25, 0.3) is 0 Å². The summed E-state index contributed by atoms with van der Waals surface area (Å²) in [6, 6.07) is 13.2. The normalized spacial score (nSPS) is 15.7. The van der Waals surface area contributed by atoms with Gasteiger partial charge in [-0.1, -0.05) is 45.0 Å². The van der Waals surface area contributed by atoms with Gasteiger partial charge in [-0.25, -0.2) is 8.42 Å². The molecule has 134 valence electrons. The third-order valence-electron chi connectivity index (χ3n) is 4.71. The van der Waals surface area contributed by atoms with Crippen molar-refractivity contribution in [1.29, 1.82) is 0 Å². The molecule has 5 heteroatoms. The zero-order valence-corrected chi connectivity index (χ0v) is 16.1. The molecule has 0 aliphatic carbocycles. The summed E-state index contributed by atoms with van der Waals surface area (Å²) in [7, 11) is -1.92. The van der Waals surface area contributed by atoms with Crippen LogP contribution in [0.3, 0.4) is 0 Å². The third-order valence-corrected chi connectivity index (χ3v) is 6.55. The Balaban J connectivity index is 1.99. The fraction of sp³-hybridized carbons (Fsp3) is 0.400. The first-order chi connectivity index (χ1) is 11.7. The molecule has 0 spiro atoms. The Morgan fingerprint density at radius 1 is 1.04 bits per heavy atom. The van der Waals surface area contributed by atoms with Crippen LogP contribution in [0, 0.1) is 0 Å². The van der Waals surface area contributed by atoms with Crippen molar-refractivity contribution < 1.29 is 13.2 Å². The molecule has 0 fully saturated rings. The fourth-order valence-electron chi connectivity index (χ4n) is 3.26. The van der Waals surface area contributed by atoms with Gasteiger partial charge in [0.1, 0.15) is 5.75 Å². The van der Waals surface area contributed by atoms with Gasteiger partial charge in [-0.15, -0.1) is 0 Å². The average Bonchev–Trinajstić information content (AvgIpc) is 2.60. The van der Waals surface area contributed by atoms with E-state index in [1.165, 1.54) is 5.56 Å². The molecule has 1 aliphatic heterocycles. The van der Waals surface area contributed by atoms with Crippen molar-refractivity contribution >= 4 is 10.0 Å². The first-order valence-electron chi connectivity index (χ1n) is 8.49. The summed E-state index contributed by atoms with van der Waals surface area (Å²) in [5.41, 5.74) is 3.01. The van der Waals surface area contributed by atoms with Crippen molar-refractivity contribution in [2.45, 2.75) is 44.0 Å². The van der Waals surface area contributed by atoms with Crippen molar-refractivity contribution in [1.82, 2.24) is 4.31 Å². The Labute approximate surface area is 150 Å². The molecular formula is C20H25NO3S. The number of rotatable bonds is 3. The molecular weight excluding hydrogens is 334 g/mol. The summed E-state index contributed by atoms with van der Waals surface area (Å²) >= 11 is 0. The first-order valence-corrected chi connectivity index (χ1v) is 9.93. The maximum atomic E-state index is 13.2. The van der Waals surface area contributed by atoms with E-state index in [2.05, 4.69) is 26.8 Å². The quantitative estimate of drug-likeness (QED) is 0.839. The van der Waals surface area contributed by atoms with Crippen molar-refractivity contribution in [3.8, 4) is 5.75 Å². The summed E-state index contributed by atoms with van der Waals surface area (Å²) in [5.74, 6) is 0.718. The number of sulfonamides is 1. The minimum Gasteiger partial charge on any atom is -0.496 e. The highest BCUT2D eigenvalue weighted by molar-refractivity contribution is 7.89. The molecule has 0 N–H and O–H groups in total. The molecule has 0 atom stereocenters. The van der Waals surface area contributed by atoms with Gasteiger partial charge in [-0.3, -0.25) is 0 Å². The third kappa shape index (κ3) is 3.44. The van der Waals surface area contributed by atoms with Crippen LogP contribution in [0.25, 0.3) is 0 Å². The molecule has 1 aliphatic rings. The van der Waals surface area contributed by atoms with Gasteiger partial charge < -0.3 is 4.74 Å². The van der Waals surface area contributed by atoms with Gasteiger partial charge in [0.2, 0.25) is 10.0 Å². The van der Waals surface area contributed by atoms with Gasteiger partial charge >= 0.3 is 0 Å². The highest BCUT2D eigenvalue weighted by Crippen LogP contribution is 2.34. The second-order valence-corrected chi connectivity index (χ2v) is 9.41. The zero-order valence-electron chi connectivity index (χ0n) is 15.2. The minimum atomic E-state index is -3.53. The highest BCUT2D eigenvalue weighted by Gasteiger charge is 2.30. The van der Waals surface area contributed by atoms with E-state index in [9.17, 15) is 8.42 Å². The molecule has 1 heterocycles. The number of hydrogen-bond donors (Lipinski definition) is 0. The van der Waals surface area contributed by atoms with Gasteiger partial charge in [0.15, 0.2) is 0 Å². The summed E-state index contributed by atoms with van der Waals surface area (Å²) in [6.45, 7) is 7.10. The lowest BCUT2D eigenvalue weighted by molar-refractivity contribution is 0.388. The van der Waals surface area contributed by atoms with Gasteiger partial charge in [0, 0.05) is 18.7 Å². The second-order valence-electron chi connectivity index (χ2n) is 7.47. The molecule has 0 saturated heterocycles. The van der Waals surface area contributed by atoms with Crippen LogP contribution in [0.4, 0.5) is 0 Å². The smallest absolute Gasteiger partial charge is 0.243 e. The molecule has 0 amide bonds. The highest BCUT2D eigenvalue weighted by atomic mass is 32.2. The van der Waals surface area contributed by atoms with E-state index >= 15 is 0 Å². The summed E-state index contributed by atoms with van der Waals surface area (Å²) in [6.07, 6.45) is 0.748. The number of hydrogen-bond acceptors (Lipinski definition) is 3. The zero-order chi connectivity index (χ0) is 18.2. The first kappa shape index (κ1) is 18.0. The predicted octanol–water partition coefficient (Wildman–Crippen LogP) is 3.74. The molecule has 2 aromatic carbocycles. The maximum absolute atomic E-state index is 13.2. The molecule has 0 radical (unpaired) electrons. The van der Waals surface area contributed by atoms with Crippen LogP contribution in [0.5, 0.6) is 5.75 Å². The topological polar surface area (TPSA) is 46.6 Å². The molecule has 0 bridgehead atoms. The molecule has 4 nitrogen and oxygen atoms in total. The van der Waals surface area contributed by atoms with Crippen LogP contribution in [0.1, 0.15) is 37.5 Å². The lowest BCUT2D eigenvalue weighted by Crippen LogP contribution is -2.36. The summed E-state index contributed by atoms with van der Waals surface area (Å²) in [5, 5.41) is 0. The van der Waals surface area contributed by atoms with Crippen LogP contribution in [-0.4, -0.2) is 26.4 Å². The number of fused-ring (bicyclic) bond motifs is 1. The van der Waals surface area contributed by atoms with Gasteiger partial charge in [0.05, 0.1) is 12.0 Å². The van der Waals surface area contributed by atoms with Crippen LogP contribution in [0.15, 0.2) is 47.4 Å². The SMILES string of the molecule is COc1ccc(S(=O)(=O)N2CCc3ccccc3C2)cc1C(C)(C)C. The van der Waals surface area contributed by atoms with Crippen LogP contribution in [0.2, 0.25) is 0 Å².